The molecule has 1 aromatic carbocycles. The van der Waals surface area contributed by atoms with Gasteiger partial charge in [-0.3, -0.25) is 4.72 Å². The Balaban J connectivity index is 2.79. The molecule has 0 saturated carbocycles. The summed E-state index contributed by atoms with van der Waals surface area (Å²) < 4.78 is 31.0. The summed E-state index contributed by atoms with van der Waals surface area (Å²) in [7, 11) is -3.71. The fourth-order valence-corrected chi connectivity index (χ4v) is 2.53. The smallest absolute Gasteiger partial charge is 0.249 e. The molecule has 0 amide bonds. The molecule has 1 unspecified atom stereocenters. The van der Waals surface area contributed by atoms with Gasteiger partial charge in [-0.1, -0.05) is 6.92 Å². The molecule has 0 saturated heterocycles. The number of hydrogen-bond acceptors (Lipinski definition) is 5. The van der Waals surface area contributed by atoms with Crippen molar-refractivity contribution in [2.75, 3.05) is 11.3 Å². The number of rotatable bonds is 6. The molecule has 0 bridgehead atoms. The van der Waals surface area contributed by atoms with Crippen molar-refractivity contribution in [1.82, 2.24) is 0 Å². The van der Waals surface area contributed by atoms with E-state index >= 15 is 0 Å². The van der Waals surface area contributed by atoms with Gasteiger partial charge in [-0.15, -0.1) is 0 Å². The number of benzene rings is 1. The Bertz CT molecular complexity index is 597. The van der Waals surface area contributed by atoms with Crippen molar-refractivity contribution < 1.29 is 13.2 Å². The van der Waals surface area contributed by atoms with Crippen LogP contribution in [-0.2, 0) is 10.0 Å². The van der Waals surface area contributed by atoms with Crippen molar-refractivity contribution in [2.45, 2.75) is 18.6 Å². The molecular formula is C12H13N3O3S. The van der Waals surface area contributed by atoms with Crippen LogP contribution in [-0.4, -0.2) is 20.3 Å². The van der Waals surface area contributed by atoms with Crippen molar-refractivity contribution in [3.63, 3.8) is 0 Å². The number of nitriles is 2. The van der Waals surface area contributed by atoms with E-state index in [2.05, 4.69) is 4.72 Å². The highest BCUT2D eigenvalue weighted by Crippen LogP contribution is 2.18. The van der Waals surface area contributed by atoms with Crippen LogP contribution < -0.4 is 9.46 Å². The molecule has 1 rings (SSSR count). The number of ether oxygens (including phenoxy) is 1. The molecule has 0 spiro atoms. The first kappa shape index (κ1) is 14.8. The average Bonchev–Trinajstić information content (AvgIpc) is 2.38. The third-order valence-electron chi connectivity index (χ3n) is 2.31. The van der Waals surface area contributed by atoms with Gasteiger partial charge in [-0.05, 0) is 30.7 Å². The fourth-order valence-electron chi connectivity index (χ4n) is 1.35. The van der Waals surface area contributed by atoms with E-state index in [4.69, 9.17) is 15.3 Å². The van der Waals surface area contributed by atoms with E-state index in [-0.39, 0.29) is 13.0 Å². The van der Waals surface area contributed by atoms with E-state index < -0.39 is 15.3 Å². The van der Waals surface area contributed by atoms with Crippen LogP contribution in [0, 0.1) is 22.7 Å². The van der Waals surface area contributed by atoms with Crippen molar-refractivity contribution >= 4 is 15.7 Å². The first-order valence-corrected chi connectivity index (χ1v) is 7.09. The van der Waals surface area contributed by atoms with Crippen LogP contribution >= 0.6 is 0 Å². The number of hydrogen-bond donors (Lipinski definition) is 1. The van der Waals surface area contributed by atoms with Crippen molar-refractivity contribution in [1.29, 1.82) is 10.5 Å². The van der Waals surface area contributed by atoms with Crippen molar-refractivity contribution in [2.24, 2.45) is 0 Å². The quantitative estimate of drug-likeness (QED) is 0.852. The zero-order valence-electron chi connectivity index (χ0n) is 10.3. The highest BCUT2D eigenvalue weighted by Gasteiger charge is 2.23. The Morgan fingerprint density at radius 3 is 2.42 bits per heavy atom. The van der Waals surface area contributed by atoms with E-state index in [0.29, 0.717) is 11.4 Å². The van der Waals surface area contributed by atoms with E-state index in [9.17, 15) is 8.42 Å². The number of sulfonamides is 1. The van der Waals surface area contributed by atoms with Crippen LogP contribution in [0.2, 0.25) is 0 Å². The summed E-state index contributed by atoms with van der Waals surface area (Å²) in [6.45, 7) is 1.56. The minimum absolute atomic E-state index is 0.0720. The third-order valence-corrected chi connectivity index (χ3v) is 4.02. The summed E-state index contributed by atoms with van der Waals surface area (Å²) in [5.74, 6) is 0.469. The van der Waals surface area contributed by atoms with E-state index in [1.165, 1.54) is 12.1 Å². The molecule has 19 heavy (non-hydrogen) atoms. The maximum Gasteiger partial charge on any atom is 0.249 e. The fraction of sp³-hybridized carbons (Fsp3) is 0.333. The molecule has 1 aromatic rings. The molecule has 0 fully saturated rings. The monoisotopic (exact) mass is 279 g/mol. The summed E-state index contributed by atoms with van der Waals surface area (Å²) in [5, 5.41) is 16.0. The number of nitrogens with zero attached hydrogens (tertiary/aromatic N) is 2. The van der Waals surface area contributed by atoms with Crippen LogP contribution in [0.1, 0.15) is 13.3 Å². The first-order chi connectivity index (χ1) is 9.03. The van der Waals surface area contributed by atoms with Gasteiger partial charge < -0.3 is 4.74 Å². The van der Waals surface area contributed by atoms with Crippen LogP contribution in [0.15, 0.2) is 24.3 Å². The predicted molar refractivity (Wildman–Crippen MR) is 69.8 cm³/mol. The second-order valence-electron chi connectivity index (χ2n) is 3.64. The van der Waals surface area contributed by atoms with Gasteiger partial charge in [0.1, 0.15) is 11.8 Å². The number of nitrogens with one attached hydrogen (secondary N) is 1. The van der Waals surface area contributed by atoms with Gasteiger partial charge in [0, 0.05) is 5.69 Å². The summed E-state index contributed by atoms with van der Waals surface area (Å²) in [6.07, 6.45) is 0.217. The molecule has 0 heterocycles. The van der Waals surface area contributed by atoms with Gasteiger partial charge in [-0.2, -0.15) is 10.5 Å². The molecule has 1 atom stereocenters. The van der Waals surface area contributed by atoms with Gasteiger partial charge in [0.2, 0.25) is 10.0 Å². The Morgan fingerprint density at radius 1 is 1.32 bits per heavy atom. The normalized spacial score (nSPS) is 11.9. The van der Waals surface area contributed by atoms with Crippen LogP contribution in [0.3, 0.4) is 0 Å². The first-order valence-electron chi connectivity index (χ1n) is 5.54. The molecule has 1 N–H and O–H groups in total. The minimum Gasteiger partial charge on any atom is -0.479 e. The van der Waals surface area contributed by atoms with Crippen molar-refractivity contribution in [3.8, 4) is 17.9 Å². The van der Waals surface area contributed by atoms with Gasteiger partial charge >= 0.3 is 0 Å². The maximum atomic E-state index is 11.8. The number of anilines is 1. The average molecular weight is 279 g/mol. The molecule has 0 aliphatic rings. The van der Waals surface area contributed by atoms with Crippen LogP contribution in [0.5, 0.6) is 5.75 Å². The van der Waals surface area contributed by atoms with Gasteiger partial charge in [0.05, 0.1) is 6.07 Å². The minimum atomic E-state index is -3.71. The summed E-state index contributed by atoms with van der Waals surface area (Å²) in [6, 6.07) is 9.67. The lowest BCUT2D eigenvalue weighted by Gasteiger charge is -2.11. The van der Waals surface area contributed by atoms with E-state index in [1.54, 1.807) is 25.1 Å². The Labute approximate surface area is 112 Å². The molecule has 6 nitrogen and oxygen atoms in total. The standard InChI is InChI=1S/C12H13N3O3S/c1-2-12(9-14)19(16,17)15-10-3-5-11(6-4-10)18-8-7-13/h3-6,12,15H,2,8H2,1H3. The second-order valence-corrected chi connectivity index (χ2v) is 5.51. The molecule has 7 heteroatoms. The largest absolute Gasteiger partial charge is 0.479 e. The van der Waals surface area contributed by atoms with Crippen LogP contribution in [0.25, 0.3) is 0 Å². The summed E-state index contributed by atoms with van der Waals surface area (Å²) in [5.41, 5.74) is 0.345. The van der Waals surface area contributed by atoms with Crippen LogP contribution in [0.4, 0.5) is 5.69 Å². The topological polar surface area (TPSA) is 103 Å². The van der Waals surface area contributed by atoms with Gasteiger partial charge in [0.25, 0.3) is 0 Å². The lowest BCUT2D eigenvalue weighted by Crippen LogP contribution is -2.25. The molecule has 0 aliphatic heterocycles. The lowest BCUT2D eigenvalue weighted by molar-refractivity contribution is 0.368. The summed E-state index contributed by atoms with van der Waals surface area (Å²) >= 11 is 0. The predicted octanol–water partition coefficient (Wildman–Crippen LogP) is 1.63. The zero-order chi connectivity index (χ0) is 14.3. The Kier molecular flexibility index (Phi) is 5.16. The molecule has 100 valence electrons. The van der Waals surface area contributed by atoms with Gasteiger partial charge in [0.15, 0.2) is 11.9 Å². The Morgan fingerprint density at radius 2 is 1.95 bits per heavy atom. The molecule has 0 radical (unpaired) electrons. The summed E-state index contributed by atoms with van der Waals surface area (Å²) in [4.78, 5) is 0. The molecular weight excluding hydrogens is 266 g/mol. The van der Waals surface area contributed by atoms with Crippen molar-refractivity contribution in [3.05, 3.63) is 24.3 Å². The highest BCUT2D eigenvalue weighted by atomic mass is 32.2. The SMILES string of the molecule is CCC(C#N)S(=O)(=O)Nc1ccc(OCC#N)cc1. The molecule has 0 aromatic heterocycles. The lowest BCUT2D eigenvalue weighted by atomic mass is 10.3. The highest BCUT2D eigenvalue weighted by molar-refractivity contribution is 7.93. The van der Waals surface area contributed by atoms with E-state index in [0.717, 1.165) is 0 Å². The Hall–Kier alpha value is -2.25. The third kappa shape index (κ3) is 4.16. The second kappa shape index (κ2) is 6.62. The maximum absolute atomic E-state index is 11.8. The molecule has 0 aliphatic carbocycles. The zero-order valence-corrected chi connectivity index (χ0v) is 11.1. The van der Waals surface area contributed by atoms with Gasteiger partial charge in [-0.25, -0.2) is 8.42 Å². The van der Waals surface area contributed by atoms with E-state index in [1.807, 2.05) is 6.07 Å².